The van der Waals surface area contributed by atoms with Crippen molar-refractivity contribution in [3.63, 3.8) is 0 Å². The molecule has 1 N–H and O–H groups in total. The smallest absolute Gasteiger partial charge is 0.410 e. The van der Waals surface area contributed by atoms with E-state index in [9.17, 15) is 9.59 Å². The average Bonchev–Trinajstić information content (AvgIpc) is 2.44. The normalized spacial score (nSPS) is 21.9. The summed E-state index contributed by atoms with van der Waals surface area (Å²) >= 11 is 0. The fourth-order valence-corrected chi connectivity index (χ4v) is 2.84. The molecular formula is C16H21NO4. The predicted octanol–water partition coefficient (Wildman–Crippen LogP) is 2.76. The number of hydrogen-bond acceptors (Lipinski definition) is 3. The first kappa shape index (κ1) is 15.4. The van der Waals surface area contributed by atoms with Gasteiger partial charge in [-0.15, -0.1) is 0 Å². The summed E-state index contributed by atoms with van der Waals surface area (Å²) in [5.74, 6) is -0.505. The van der Waals surface area contributed by atoms with Gasteiger partial charge in [-0.3, -0.25) is 4.79 Å². The molecule has 1 aromatic carbocycles. The van der Waals surface area contributed by atoms with Crippen LogP contribution in [0, 0.1) is 11.8 Å². The number of piperidine rings is 1. The molecular weight excluding hydrogens is 270 g/mol. The van der Waals surface area contributed by atoms with Crippen LogP contribution in [0.25, 0.3) is 0 Å². The monoisotopic (exact) mass is 291 g/mol. The summed E-state index contributed by atoms with van der Waals surface area (Å²) in [6.45, 7) is 3.37. The fraction of sp³-hybridized carbons (Fsp3) is 0.500. The Kier molecular flexibility index (Phi) is 5.20. The first-order valence-corrected chi connectivity index (χ1v) is 7.22. The summed E-state index contributed by atoms with van der Waals surface area (Å²) in [6.07, 6.45) is 0.586. The van der Waals surface area contributed by atoms with Crippen LogP contribution in [-0.4, -0.2) is 35.2 Å². The summed E-state index contributed by atoms with van der Waals surface area (Å²) in [5.41, 5.74) is 0.943. The second-order valence-corrected chi connectivity index (χ2v) is 5.75. The van der Waals surface area contributed by atoms with Gasteiger partial charge in [0.1, 0.15) is 6.61 Å². The molecule has 1 saturated heterocycles. The van der Waals surface area contributed by atoms with Gasteiger partial charge in [0.05, 0.1) is 0 Å². The number of benzene rings is 1. The van der Waals surface area contributed by atoms with Gasteiger partial charge in [0.25, 0.3) is 0 Å². The maximum absolute atomic E-state index is 12.1. The van der Waals surface area contributed by atoms with E-state index in [4.69, 9.17) is 9.84 Å². The van der Waals surface area contributed by atoms with Crippen LogP contribution in [0.5, 0.6) is 0 Å². The highest BCUT2D eigenvalue weighted by molar-refractivity contribution is 5.69. The van der Waals surface area contributed by atoms with Crippen LogP contribution in [0.2, 0.25) is 0 Å². The van der Waals surface area contributed by atoms with E-state index in [1.807, 2.05) is 37.3 Å². The Labute approximate surface area is 124 Å². The Morgan fingerprint density at radius 2 is 2.00 bits per heavy atom. The minimum absolute atomic E-state index is 0.00975. The molecule has 21 heavy (non-hydrogen) atoms. The number of hydrogen-bond donors (Lipinski definition) is 1. The Hall–Kier alpha value is -2.04. The zero-order valence-corrected chi connectivity index (χ0v) is 12.2. The van der Waals surface area contributed by atoms with Gasteiger partial charge in [0.15, 0.2) is 0 Å². The molecule has 5 heteroatoms. The molecule has 0 spiro atoms. The second-order valence-electron chi connectivity index (χ2n) is 5.75. The van der Waals surface area contributed by atoms with Crippen molar-refractivity contribution in [3.8, 4) is 0 Å². The second kappa shape index (κ2) is 7.11. The van der Waals surface area contributed by atoms with Gasteiger partial charge < -0.3 is 14.7 Å². The number of amides is 1. The molecule has 1 amide bonds. The molecule has 1 aliphatic heterocycles. The van der Waals surface area contributed by atoms with E-state index in [2.05, 4.69) is 0 Å². The molecule has 5 nitrogen and oxygen atoms in total. The van der Waals surface area contributed by atoms with Crippen molar-refractivity contribution in [1.29, 1.82) is 0 Å². The van der Waals surface area contributed by atoms with Crippen LogP contribution in [0.15, 0.2) is 30.3 Å². The summed E-state index contributed by atoms with van der Waals surface area (Å²) in [5, 5.41) is 8.89. The van der Waals surface area contributed by atoms with E-state index in [1.165, 1.54) is 0 Å². The predicted molar refractivity (Wildman–Crippen MR) is 77.7 cm³/mol. The number of likely N-dealkylation sites (tertiary alicyclic amines) is 1. The van der Waals surface area contributed by atoms with Crippen LogP contribution >= 0.6 is 0 Å². The quantitative estimate of drug-likeness (QED) is 0.926. The van der Waals surface area contributed by atoms with Crippen molar-refractivity contribution in [2.45, 2.75) is 26.4 Å². The Morgan fingerprint density at radius 3 is 2.67 bits per heavy atom. The minimum Gasteiger partial charge on any atom is -0.481 e. The first-order valence-electron chi connectivity index (χ1n) is 7.22. The SMILES string of the molecule is CC1CC(CC(=O)O)CN(C(=O)OCc2ccccc2)C1. The molecule has 1 fully saturated rings. The molecule has 2 unspecified atom stereocenters. The van der Waals surface area contributed by atoms with Gasteiger partial charge in [-0.2, -0.15) is 0 Å². The molecule has 1 aromatic rings. The van der Waals surface area contributed by atoms with Gasteiger partial charge in [-0.25, -0.2) is 4.79 Å². The van der Waals surface area contributed by atoms with E-state index in [0.29, 0.717) is 19.0 Å². The molecule has 1 heterocycles. The van der Waals surface area contributed by atoms with Gasteiger partial charge in [0, 0.05) is 19.5 Å². The molecule has 0 radical (unpaired) electrons. The van der Waals surface area contributed by atoms with E-state index >= 15 is 0 Å². The van der Waals surface area contributed by atoms with Crippen molar-refractivity contribution in [2.24, 2.45) is 11.8 Å². The highest BCUT2D eigenvalue weighted by atomic mass is 16.6. The molecule has 1 aliphatic rings. The molecule has 0 saturated carbocycles. The number of aliphatic carboxylic acids is 1. The lowest BCUT2D eigenvalue weighted by atomic mass is 9.88. The van der Waals surface area contributed by atoms with Gasteiger partial charge in [-0.1, -0.05) is 37.3 Å². The van der Waals surface area contributed by atoms with Crippen molar-refractivity contribution in [2.75, 3.05) is 13.1 Å². The Balaban J connectivity index is 1.87. The minimum atomic E-state index is -0.813. The highest BCUT2D eigenvalue weighted by Gasteiger charge is 2.29. The third kappa shape index (κ3) is 4.77. The first-order chi connectivity index (χ1) is 10.0. The van der Waals surface area contributed by atoms with E-state index in [1.54, 1.807) is 4.90 Å². The summed E-state index contributed by atoms with van der Waals surface area (Å²) in [6, 6.07) is 9.51. The fourth-order valence-electron chi connectivity index (χ4n) is 2.84. The summed E-state index contributed by atoms with van der Waals surface area (Å²) in [7, 11) is 0. The summed E-state index contributed by atoms with van der Waals surface area (Å²) in [4.78, 5) is 24.6. The van der Waals surface area contributed by atoms with Crippen molar-refractivity contribution in [3.05, 3.63) is 35.9 Å². The maximum Gasteiger partial charge on any atom is 0.410 e. The van der Waals surface area contributed by atoms with Gasteiger partial charge >= 0.3 is 12.1 Å². The van der Waals surface area contributed by atoms with E-state index < -0.39 is 5.97 Å². The van der Waals surface area contributed by atoms with Crippen LogP contribution < -0.4 is 0 Å². The molecule has 0 aliphatic carbocycles. The van der Waals surface area contributed by atoms with Gasteiger partial charge in [-0.05, 0) is 23.8 Å². The summed E-state index contributed by atoms with van der Waals surface area (Å²) < 4.78 is 5.31. The van der Waals surface area contributed by atoms with Crippen LogP contribution in [0.1, 0.15) is 25.3 Å². The van der Waals surface area contributed by atoms with E-state index in [-0.39, 0.29) is 25.0 Å². The molecule has 2 atom stereocenters. The number of carboxylic acids is 1. The van der Waals surface area contributed by atoms with Gasteiger partial charge in [0.2, 0.25) is 0 Å². The third-order valence-corrected chi connectivity index (χ3v) is 3.67. The average molecular weight is 291 g/mol. The number of carbonyl (C=O) groups excluding carboxylic acids is 1. The zero-order chi connectivity index (χ0) is 15.2. The highest BCUT2D eigenvalue weighted by Crippen LogP contribution is 2.24. The molecule has 0 aromatic heterocycles. The lowest BCUT2D eigenvalue weighted by Crippen LogP contribution is -2.44. The van der Waals surface area contributed by atoms with Crippen LogP contribution in [-0.2, 0) is 16.1 Å². The standard InChI is InChI=1S/C16H21NO4/c1-12-7-14(8-15(18)19)10-17(9-12)16(20)21-11-13-5-3-2-4-6-13/h2-6,12,14H,7-11H2,1H3,(H,18,19). The number of carbonyl (C=O) groups is 2. The number of nitrogens with zero attached hydrogens (tertiary/aromatic N) is 1. The van der Waals surface area contributed by atoms with Crippen LogP contribution in [0.3, 0.4) is 0 Å². The maximum atomic E-state index is 12.1. The van der Waals surface area contributed by atoms with Crippen molar-refractivity contribution in [1.82, 2.24) is 4.90 Å². The Bertz CT molecular complexity index is 488. The van der Waals surface area contributed by atoms with E-state index in [0.717, 1.165) is 12.0 Å². The van der Waals surface area contributed by atoms with Crippen molar-refractivity contribution >= 4 is 12.1 Å². The lowest BCUT2D eigenvalue weighted by molar-refractivity contribution is -0.138. The molecule has 0 bridgehead atoms. The third-order valence-electron chi connectivity index (χ3n) is 3.67. The lowest BCUT2D eigenvalue weighted by Gasteiger charge is -2.35. The number of ether oxygens (including phenoxy) is 1. The topological polar surface area (TPSA) is 66.8 Å². The largest absolute Gasteiger partial charge is 0.481 e. The Morgan fingerprint density at radius 1 is 1.29 bits per heavy atom. The molecule has 114 valence electrons. The molecule has 2 rings (SSSR count). The number of rotatable bonds is 4. The van der Waals surface area contributed by atoms with Crippen molar-refractivity contribution < 1.29 is 19.4 Å². The zero-order valence-electron chi connectivity index (χ0n) is 12.2. The number of carboxylic acid groups (broad SMARTS) is 1. The van der Waals surface area contributed by atoms with Crippen LogP contribution in [0.4, 0.5) is 4.79 Å².